The molecule has 2 heterocycles. The second-order valence-corrected chi connectivity index (χ2v) is 5.28. The SMILES string of the molecule is c1cncc(CNc2cccc(-c3nc4ccccc4o3)c2)c1. The van der Waals surface area contributed by atoms with E-state index in [1.807, 2.05) is 66.9 Å². The summed E-state index contributed by atoms with van der Waals surface area (Å²) in [6.07, 6.45) is 3.63. The Morgan fingerprint density at radius 3 is 2.78 bits per heavy atom. The first-order chi connectivity index (χ1) is 11.4. The number of fused-ring (bicyclic) bond motifs is 1. The largest absolute Gasteiger partial charge is 0.436 e. The average Bonchev–Trinajstić information content (AvgIpc) is 3.05. The fourth-order valence-corrected chi connectivity index (χ4v) is 2.46. The summed E-state index contributed by atoms with van der Waals surface area (Å²) < 4.78 is 5.82. The van der Waals surface area contributed by atoms with Crippen molar-refractivity contribution in [3.05, 3.63) is 78.6 Å². The standard InChI is InChI=1S/C19H15N3O/c1-2-9-18-17(8-1)22-19(23-18)15-6-3-7-16(11-15)21-13-14-5-4-10-20-12-14/h1-12,21H,13H2. The minimum atomic E-state index is 0.635. The van der Waals surface area contributed by atoms with Gasteiger partial charge in [-0.1, -0.05) is 24.3 Å². The van der Waals surface area contributed by atoms with Crippen LogP contribution in [-0.2, 0) is 6.54 Å². The molecule has 4 nitrogen and oxygen atoms in total. The number of rotatable bonds is 4. The van der Waals surface area contributed by atoms with E-state index in [0.717, 1.165) is 34.5 Å². The fraction of sp³-hybridized carbons (Fsp3) is 0.0526. The molecule has 4 rings (SSSR count). The maximum Gasteiger partial charge on any atom is 0.227 e. The van der Waals surface area contributed by atoms with E-state index in [0.29, 0.717) is 5.89 Å². The normalized spacial score (nSPS) is 10.8. The Labute approximate surface area is 133 Å². The predicted octanol–water partition coefficient (Wildman–Crippen LogP) is 4.50. The molecular weight excluding hydrogens is 286 g/mol. The molecule has 0 atom stereocenters. The predicted molar refractivity (Wildman–Crippen MR) is 91.0 cm³/mol. The summed E-state index contributed by atoms with van der Waals surface area (Å²) >= 11 is 0. The molecule has 0 aliphatic carbocycles. The number of pyridine rings is 1. The molecule has 0 spiro atoms. The topological polar surface area (TPSA) is 51.0 Å². The quantitative estimate of drug-likeness (QED) is 0.603. The Bertz CT molecular complexity index is 898. The first kappa shape index (κ1) is 13.5. The summed E-state index contributed by atoms with van der Waals surface area (Å²) in [5, 5.41) is 3.40. The lowest BCUT2D eigenvalue weighted by Gasteiger charge is -2.07. The number of oxazole rings is 1. The van der Waals surface area contributed by atoms with Gasteiger partial charge in [0.2, 0.25) is 5.89 Å². The van der Waals surface area contributed by atoms with Gasteiger partial charge < -0.3 is 9.73 Å². The number of hydrogen-bond donors (Lipinski definition) is 1. The van der Waals surface area contributed by atoms with Gasteiger partial charge in [0.25, 0.3) is 0 Å². The summed E-state index contributed by atoms with van der Waals surface area (Å²) in [5.74, 6) is 0.635. The Balaban J connectivity index is 1.58. The van der Waals surface area contributed by atoms with Crippen molar-refractivity contribution in [2.24, 2.45) is 0 Å². The van der Waals surface area contributed by atoms with Crippen LogP contribution in [0.4, 0.5) is 5.69 Å². The third kappa shape index (κ3) is 2.92. The van der Waals surface area contributed by atoms with Gasteiger partial charge in [0.1, 0.15) is 5.52 Å². The molecule has 0 aliphatic rings. The van der Waals surface area contributed by atoms with Crippen LogP contribution in [0.2, 0.25) is 0 Å². The molecule has 0 fully saturated rings. The van der Waals surface area contributed by atoms with Gasteiger partial charge in [0.05, 0.1) is 0 Å². The third-order valence-electron chi connectivity index (χ3n) is 3.62. The van der Waals surface area contributed by atoms with Crippen molar-refractivity contribution in [3.63, 3.8) is 0 Å². The van der Waals surface area contributed by atoms with Gasteiger partial charge in [-0.25, -0.2) is 4.98 Å². The van der Waals surface area contributed by atoms with Crippen molar-refractivity contribution in [2.75, 3.05) is 5.32 Å². The van der Waals surface area contributed by atoms with Crippen LogP contribution in [0.3, 0.4) is 0 Å². The molecule has 0 amide bonds. The first-order valence-electron chi connectivity index (χ1n) is 7.47. The number of aromatic nitrogens is 2. The summed E-state index contributed by atoms with van der Waals surface area (Å²) in [7, 11) is 0. The van der Waals surface area contributed by atoms with Crippen LogP contribution in [-0.4, -0.2) is 9.97 Å². The van der Waals surface area contributed by atoms with E-state index in [-0.39, 0.29) is 0 Å². The second kappa shape index (κ2) is 5.93. The molecule has 1 N–H and O–H groups in total. The molecular formula is C19H15N3O. The minimum Gasteiger partial charge on any atom is -0.436 e. The van der Waals surface area contributed by atoms with Crippen LogP contribution >= 0.6 is 0 Å². The number of hydrogen-bond acceptors (Lipinski definition) is 4. The number of anilines is 1. The van der Waals surface area contributed by atoms with E-state index in [9.17, 15) is 0 Å². The van der Waals surface area contributed by atoms with E-state index in [4.69, 9.17) is 4.42 Å². The highest BCUT2D eigenvalue weighted by molar-refractivity contribution is 5.76. The molecule has 4 aromatic rings. The molecule has 112 valence electrons. The molecule has 0 unspecified atom stereocenters. The smallest absolute Gasteiger partial charge is 0.227 e. The summed E-state index contributed by atoms with van der Waals surface area (Å²) in [6.45, 7) is 0.727. The van der Waals surface area contributed by atoms with Crippen LogP contribution in [0.15, 0.2) is 77.5 Å². The molecule has 0 saturated heterocycles. The minimum absolute atomic E-state index is 0.635. The number of benzene rings is 2. The highest BCUT2D eigenvalue weighted by Gasteiger charge is 2.08. The van der Waals surface area contributed by atoms with Crippen molar-refractivity contribution < 1.29 is 4.42 Å². The van der Waals surface area contributed by atoms with E-state index in [1.54, 1.807) is 6.20 Å². The average molecular weight is 301 g/mol. The lowest BCUT2D eigenvalue weighted by atomic mass is 10.2. The van der Waals surface area contributed by atoms with E-state index < -0.39 is 0 Å². The van der Waals surface area contributed by atoms with Crippen molar-refractivity contribution in [3.8, 4) is 11.5 Å². The zero-order chi connectivity index (χ0) is 15.5. The van der Waals surface area contributed by atoms with E-state index in [1.165, 1.54) is 0 Å². The highest BCUT2D eigenvalue weighted by atomic mass is 16.3. The van der Waals surface area contributed by atoms with Crippen LogP contribution < -0.4 is 5.32 Å². The zero-order valence-corrected chi connectivity index (χ0v) is 12.4. The monoisotopic (exact) mass is 301 g/mol. The van der Waals surface area contributed by atoms with E-state index >= 15 is 0 Å². The van der Waals surface area contributed by atoms with Crippen LogP contribution in [0, 0.1) is 0 Å². The maximum atomic E-state index is 5.82. The second-order valence-electron chi connectivity index (χ2n) is 5.28. The van der Waals surface area contributed by atoms with Crippen molar-refractivity contribution in [1.82, 2.24) is 9.97 Å². The van der Waals surface area contributed by atoms with Gasteiger partial charge in [0.15, 0.2) is 5.58 Å². The lowest BCUT2D eigenvalue weighted by molar-refractivity contribution is 0.620. The fourth-order valence-electron chi connectivity index (χ4n) is 2.46. The molecule has 2 aromatic heterocycles. The first-order valence-corrected chi connectivity index (χ1v) is 7.47. The Morgan fingerprint density at radius 1 is 0.957 bits per heavy atom. The molecule has 0 saturated carbocycles. The molecule has 0 bridgehead atoms. The number of nitrogens with zero attached hydrogens (tertiary/aromatic N) is 2. The number of para-hydroxylation sites is 2. The molecule has 4 heteroatoms. The zero-order valence-electron chi connectivity index (χ0n) is 12.4. The van der Waals surface area contributed by atoms with Gasteiger partial charge in [0, 0.05) is 30.2 Å². The summed E-state index contributed by atoms with van der Waals surface area (Å²) in [6, 6.07) is 19.8. The molecule has 23 heavy (non-hydrogen) atoms. The van der Waals surface area contributed by atoms with Crippen molar-refractivity contribution >= 4 is 16.8 Å². The van der Waals surface area contributed by atoms with Crippen molar-refractivity contribution in [2.45, 2.75) is 6.54 Å². The van der Waals surface area contributed by atoms with Crippen LogP contribution in [0.5, 0.6) is 0 Å². The van der Waals surface area contributed by atoms with E-state index in [2.05, 4.69) is 15.3 Å². The molecule has 0 radical (unpaired) electrons. The summed E-state index contributed by atoms with van der Waals surface area (Å²) in [5.41, 5.74) is 4.79. The molecule has 2 aromatic carbocycles. The Kier molecular flexibility index (Phi) is 3.48. The van der Waals surface area contributed by atoms with Gasteiger partial charge >= 0.3 is 0 Å². The number of nitrogens with one attached hydrogen (secondary N) is 1. The van der Waals surface area contributed by atoms with Gasteiger partial charge in [-0.05, 0) is 42.0 Å². The maximum absolute atomic E-state index is 5.82. The van der Waals surface area contributed by atoms with Crippen LogP contribution in [0.25, 0.3) is 22.6 Å². The Hall–Kier alpha value is -3.14. The third-order valence-corrected chi connectivity index (χ3v) is 3.62. The van der Waals surface area contributed by atoms with Crippen molar-refractivity contribution in [1.29, 1.82) is 0 Å². The highest BCUT2D eigenvalue weighted by Crippen LogP contribution is 2.26. The van der Waals surface area contributed by atoms with Gasteiger partial charge in [-0.2, -0.15) is 0 Å². The van der Waals surface area contributed by atoms with Gasteiger partial charge in [-0.15, -0.1) is 0 Å². The Morgan fingerprint density at radius 2 is 1.91 bits per heavy atom. The summed E-state index contributed by atoms with van der Waals surface area (Å²) in [4.78, 5) is 8.66. The van der Waals surface area contributed by atoms with Crippen LogP contribution in [0.1, 0.15) is 5.56 Å². The van der Waals surface area contributed by atoms with Gasteiger partial charge in [-0.3, -0.25) is 4.98 Å². The molecule has 0 aliphatic heterocycles. The lowest BCUT2D eigenvalue weighted by Crippen LogP contribution is -1.99.